The Balaban J connectivity index is 1.91. The fourth-order valence-electron chi connectivity index (χ4n) is 1.87. The number of carbonyl (C=O) groups is 1. The number of ether oxygens (including phenoxy) is 1. The van der Waals surface area contributed by atoms with E-state index in [1.165, 1.54) is 0 Å². The monoisotopic (exact) mass is 307 g/mol. The second-order valence-corrected chi connectivity index (χ2v) is 4.99. The Hall–Kier alpha value is -3.13. The molecule has 0 saturated carbocycles. The summed E-state index contributed by atoms with van der Waals surface area (Å²) in [5, 5.41) is 13.0. The van der Waals surface area contributed by atoms with Crippen molar-refractivity contribution in [1.29, 1.82) is 5.26 Å². The van der Waals surface area contributed by atoms with Crippen LogP contribution in [-0.2, 0) is 4.79 Å². The maximum atomic E-state index is 11.8. The summed E-state index contributed by atoms with van der Waals surface area (Å²) in [6.45, 7) is 3.62. The highest BCUT2D eigenvalue weighted by Crippen LogP contribution is 2.16. The van der Waals surface area contributed by atoms with Gasteiger partial charge in [-0.2, -0.15) is 10.4 Å². The number of rotatable bonds is 5. The summed E-state index contributed by atoms with van der Waals surface area (Å²) < 4.78 is 5.34. The first kappa shape index (κ1) is 16.2. The summed E-state index contributed by atoms with van der Waals surface area (Å²) >= 11 is 0. The van der Waals surface area contributed by atoms with Crippen LogP contribution in [0.3, 0.4) is 0 Å². The van der Waals surface area contributed by atoms with Gasteiger partial charge in [-0.25, -0.2) is 5.43 Å². The van der Waals surface area contributed by atoms with Crippen LogP contribution in [0.15, 0.2) is 53.6 Å². The Labute approximate surface area is 135 Å². The molecule has 5 nitrogen and oxygen atoms in total. The van der Waals surface area contributed by atoms with Crippen LogP contribution >= 0.6 is 0 Å². The molecule has 0 aliphatic heterocycles. The lowest BCUT2D eigenvalue weighted by atomic mass is 10.1. The molecule has 2 aromatic carbocycles. The smallest absolute Gasteiger partial charge is 0.277 e. The van der Waals surface area contributed by atoms with Gasteiger partial charge in [0.2, 0.25) is 0 Å². The summed E-state index contributed by atoms with van der Waals surface area (Å²) in [6.07, 6.45) is 0. The average molecular weight is 307 g/mol. The zero-order valence-electron chi connectivity index (χ0n) is 13.0. The molecular formula is C18H17N3O2. The van der Waals surface area contributed by atoms with Crippen LogP contribution in [0, 0.1) is 18.3 Å². The molecule has 0 aliphatic rings. The van der Waals surface area contributed by atoms with Gasteiger partial charge < -0.3 is 4.74 Å². The van der Waals surface area contributed by atoms with Crippen molar-refractivity contribution in [3.05, 3.63) is 65.2 Å². The van der Waals surface area contributed by atoms with E-state index in [-0.39, 0.29) is 12.5 Å². The van der Waals surface area contributed by atoms with Gasteiger partial charge in [0.1, 0.15) is 11.8 Å². The highest BCUT2D eigenvalue weighted by atomic mass is 16.5. The molecule has 0 atom stereocenters. The third-order valence-corrected chi connectivity index (χ3v) is 3.18. The van der Waals surface area contributed by atoms with Crippen molar-refractivity contribution in [3.8, 4) is 11.8 Å². The second kappa shape index (κ2) is 7.76. The number of para-hydroxylation sites is 1. The summed E-state index contributed by atoms with van der Waals surface area (Å²) in [7, 11) is 0. The highest BCUT2D eigenvalue weighted by molar-refractivity contribution is 5.99. The minimum absolute atomic E-state index is 0.205. The van der Waals surface area contributed by atoms with Crippen molar-refractivity contribution in [1.82, 2.24) is 5.43 Å². The maximum absolute atomic E-state index is 11.8. The van der Waals surface area contributed by atoms with Crippen LogP contribution in [0.4, 0.5) is 0 Å². The van der Waals surface area contributed by atoms with Crippen molar-refractivity contribution in [2.45, 2.75) is 13.8 Å². The van der Waals surface area contributed by atoms with E-state index in [0.29, 0.717) is 17.0 Å². The molecule has 1 N–H and O–H groups in total. The largest absolute Gasteiger partial charge is 0.482 e. The Morgan fingerprint density at radius 3 is 2.61 bits per heavy atom. The van der Waals surface area contributed by atoms with Gasteiger partial charge in [-0.05, 0) is 31.5 Å². The molecule has 0 heterocycles. The van der Waals surface area contributed by atoms with Gasteiger partial charge in [0.25, 0.3) is 5.91 Å². The number of aryl methyl sites for hydroxylation is 1. The van der Waals surface area contributed by atoms with Crippen molar-refractivity contribution >= 4 is 11.6 Å². The van der Waals surface area contributed by atoms with E-state index in [2.05, 4.69) is 10.5 Å². The lowest BCUT2D eigenvalue weighted by Crippen LogP contribution is -2.25. The number of nitrogens with zero attached hydrogens (tertiary/aromatic N) is 2. The molecule has 5 heteroatoms. The number of hydrogen-bond acceptors (Lipinski definition) is 4. The third-order valence-electron chi connectivity index (χ3n) is 3.18. The quantitative estimate of drug-likeness (QED) is 0.682. The highest BCUT2D eigenvalue weighted by Gasteiger charge is 2.06. The summed E-state index contributed by atoms with van der Waals surface area (Å²) in [6, 6.07) is 16.6. The third kappa shape index (κ3) is 4.68. The standard InChI is InChI=1S/C18H17N3O2/c1-13-7-9-15(10-8-13)14(2)20-21-18(22)12-23-17-6-4-3-5-16(17)11-19/h3-10H,12H2,1-2H3,(H,21,22)/b20-14+. The van der Waals surface area contributed by atoms with Crippen LogP contribution in [-0.4, -0.2) is 18.2 Å². The van der Waals surface area contributed by atoms with E-state index < -0.39 is 0 Å². The van der Waals surface area contributed by atoms with Gasteiger partial charge in [-0.3, -0.25) is 4.79 Å². The van der Waals surface area contributed by atoms with Crippen molar-refractivity contribution in [2.75, 3.05) is 6.61 Å². The van der Waals surface area contributed by atoms with Crippen LogP contribution in [0.5, 0.6) is 5.75 Å². The van der Waals surface area contributed by atoms with E-state index >= 15 is 0 Å². The van der Waals surface area contributed by atoms with Crippen LogP contribution in [0.25, 0.3) is 0 Å². The molecule has 0 aliphatic carbocycles. The molecule has 1 amide bonds. The summed E-state index contributed by atoms with van der Waals surface area (Å²) in [4.78, 5) is 11.8. The predicted octanol–water partition coefficient (Wildman–Crippen LogP) is 2.79. The molecule has 0 aromatic heterocycles. The SMILES string of the molecule is C/C(=N\NC(=O)COc1ccccc1C#N)c1ccc(C)cc1. The number of amides is 1. The molecule has 0 spiro atoms. The molecule has 0 saturated heterocycles. The first-order valence-electron chi connectivity index (χ1n) is 7.12. The zero-order valence-corrected chi connectivity index (χ0v) is 13.0. The Morgan fingerprint density at radius 2 is 1.91 bits per heavy atom. The van der Waals surface area contributed by atoms with Gasteiger partial charge >= 0.3 is 0 Å². The Morgan fingerprint density at radius 1 is 1.22 bits per heavy atom. The van der Waals surface area contributed by atoms with Gasteiger partial charge in [0.15, 0.2) is 6.61 Å². The maximum Gasteiger partial charge on any atom is 0.277 e. The van der Waals surface area contributed by atoms with Gasteiger partial charge in [0.05, 0.1) is 11.3 Å². The molecular weight excluding hydrogens is 290 g/mol. The lowest BCUT2D eigenvalue weighted by Gasteiger charge is -2.07. The Kier molecular flexibility index (Phi) is 5.48. The van der Waals surface area contributed by atoms with E-state index in [9.17, 15) is 4.79 Å². The number of carbonyl (C=O) groups excluding carboxylic acids is 1. The number of benzene rings is 2. The van der Waals surface area contributed by atoms with Gasteiger partial charge in [0, 0.05) is 0 Å². The Bertz CT molecular complexity index is 759. The molecule has 116 valence electrons. The number of hydrazone groups is 1. The number of nitriles is 1. The normalized spacial score (nSPS) is 10.7. The minimum atomic E-state index is -0.385. The summed E-state index contributed by atoms with van der Waals surface area (Å²) in [5.74, 6) is -0.00593. The van der Waals surface area contributed by atoms with Crippen molar-refractivity contribution in [2.24, 2.45) is 5.10 Å². The fraction of sp³-hybridized carbons (Fsp3) is 0.167. The predicted molar refractivity (Wildman–Crippen MR) is 88.2 cm³/mol. The van der Waals surface area contributed by atoms with Crippen molar-refractivity contribution in [3.63, 3.8) is 0 Å². The molecule has 0 fully saturated rings. The number of hydrogen-bond donors (Lipinski definition) is 1. The summed E-state index contributed by atoms with van der Waals surface area (Å²) in [5.41, 5.74) is 5.64. The van der Waals surface area contributed by atoms with Crippen LogP contribution in [0.2, 0.25) is 0 Å². The molecule has 0 bridgehead atoms. The van der Waals surface area contributed by atoms with Gasteiger partial charge in [-0.1, -0.05) is 42.0 Å². The van der Waals surface area contributed by atoms with Crippen LogP contribution in [0.1, 0.15) is 23.6 Å². The molecule has 0 radical (unpaired) electrons. The van der Waals surface area contributed by atoms with E-state index in [1.54, 1.807) is 24.3 Å². The minimum Gasteiger partial charge on any atom is -0.482 e. The lowest BCUT2D eigenvalue weighted by molar-refractivity contribution is -0.123. The van der Waals surface area contributed by atoms with E-state index in [1.807, 2.05) is 44.2 Å². The van der Waals surface area contributed by atoms with E-state index in [4.69, 9.17) is 10.00 Å². The number of nitrogens with one attached hydrogen (secondary N) is 1. The van der Waals surface area contributed by atoms with Crippen LogP contribution < -0.4 is 10.2 Å². The molecule has 0 unspecified atom stereocenters. The fourth-order valence-corrected chi connectivity index (χ4v) is 1.87. The molecule has 23 heavy (non-hydrogen) atoms. The molecule has 2 rings (SSSR count). The topological polar surface area (TPSA) is 74.5 Å². The average Bonchev–Trinajstić information content (AvgIpc) is 2.58. The first-order valence-corrected chi connectivity index (χ1v) is 7.12. The first-order chi connectivity index (χ1) is 11.1. The van der Waals surface area contributed by atoms with E-state index in [0.717, 1.165) is 11.1 Å². The zero-order chi connectivity index (χ0) is 16.7. The van der Waals surface area contributed by atoms with Crippen molar-refractivity contribution < 1.29 is 9.53 Å². The molecule has 2 aromatic rings. The van der Waals surface area contributed by atoms with Gasteiger partial charge in [-0.15, -0.1) is 0 Å². The second-order valence-electron chi connectivity index (χ2n) is 4.99.